The highest BCUT2D eigenvalue weighted by Gasteiger charge is 2.28. The molecule has 22 heavy (non-hydrogen) atoms. The van der Waals surface area contributed by atoms with Gasteiger partial charge in [-0.1, -0.05) is 34.6 Å². The van der Waals surface area contributed by atoms with Gasteiger partial charge >= 0.3 is 5.69 Å². The quantitative estimate of drug-likeness (QED) is 0.581. The molecule has 0 saturated carbocycles. The summed E-state index contributed by atoms with van der Waals surface area (Å²) in [7, 11) is 0. The van der Waals surface area contributed by atoms with Gasteiger partial charge in [0.2, 0.25) is 5.82 Å². The number of aromatic nitrogens is 2. The first kappa shape index (κ1) is 18.1. The molecular formula is C15H26N4O3. The Morgan fingerprint density at radius 3 is 2.32 bits per heavy atom. The summed E-state index contributed by atoms with van der Waals surface area (Å²) < 4.78 is 5.57. The summed E-state index contributed by atoms with van der Waals surface area (Å²) in [6.07, 6.45) is 0.834. The molecule has 0 bridgehead atoms. The van der Waals surface area contributed by atoms with Crippen LogP contribution >= 0.6 is 0 Å². The van der Waals surface area contributed by atoms with Crippen LogP contribution in [-0.4, -0.2) is 27.5 Å². The van der Waals surface area contributed by atoms with Crippen molar-refractivity contribution >= 4 is 11.5 Å². The molecule has 0 aromatic carbocycles. The van der Waals surface area contributed by atoms with Crippen molar-refractivity contribution in [3.05, 3.63) is 15.9 Å². The van der Waals surface area contributed by atoms with Crippen molar-refractivity contribution in [1.29, 1.82) is 0 Å². The molecule has 1 atom stereocenters. The highest BCUT2D eigenvalue weighted by Crippen LogP contribution is 2.34. The Kier molecular flexibility index (Phi) is 6.52. The van der Waals surface area contributed by atoms with Crippen LogP contribution in [-0.2, 0) is 0 Å². The molecule has 0 fully saturated rings. The minimum atomic E-state index is -0.482. The van der Waals surface area contributed by atoms with Gasteiger partial charge in [-0.3, -0.25) is 10.1 Å². The standard InChI is InChI=1S/C15H26N4O3/c1-7-11(6)16-14-12(19(20)21)15(22-8-9(2)3)18-13(17-14)10(4)5/h9-11H,7-8H2,1-6H3,(H,16,17,18). The van der Waals surface area contributed by atoms with E-state index in [4.69, 9.17) is 4.74 Å². The number of nitrogens with zero attached hydrogens (tertiary/aromatic N) is 3. The molecule has 0 amide bonds. The SMILES string of the molecule is CCC(C)Nc1nc(C(C)C)nc(OCC(C)C)c1[N+](=O)[O-]. The Labute approximate surface area is 131 Å². The molecule has 7 heteroatoms. The predicted molar refractivity (Wildman–Crippen MR) is 86.5 cm³/mol. The molecule has 1 unspecified atom stereocenters. The van der Waals surface area contributed by atoms with Gasteiger partial charge in [-0.15, -0.1) is 0 Å². The van der Waals surface area contributed by atoms with E-state index in [0.29, 0.717) is 12.4 Å². The number of anilines is 1. The lowest BCUT2D eigenvalue weighted by Crippen LogP contribution is -2.18. The van der Waals surface area contributed by atoms with Crippen LogP contribution in [0.5, 0.6) is 5.88 Å². The highest BCUT2D eigenvalue weighted by atomic mass is 16.6. The van der Waals surface area contributed by atoms with Crippen molar-refractivity contribution in [2.75, 3.05) is 11.9 Å². The highest BCUT2D eigenvalue weighted by molar-refractivity contribution is 5.62. The van der Waals surface area contributed by atoms with E-state index in [1.165, 1.54) is 0 Å². The van der Waals surface area contributed by atoms with E-state index in [9.17, 15) is 10.1 Å². The number of hydrogen-bond donors (Lipinski definition) is 1. The molecule has 0 aliphatic heterocycles. The van der Waals surface area contributed by atoms with Crippen molar-refractivity contribution in [2.24, 2.45) is 5.92 Å². The Balaban J connectivity index is 3.33. The summed E-state index contributed by atoms with van der Waals surface area (Å²) >= 11 is 0. The number of hydrogen-bond acceptors (Lipinski definition) is 6. The molecule has 1 N–H and O–H groups in total. The van der Waals surface area contributed by atoms with E-state index in [2.05, 4.69) is 15.3 Å². The van der Waals surface area contributed by atoms with Gasteiger partial charge in [0, 0.05) is 12.0 Å². The third-order valence-corrected chi connectivity index (χ3v) is 3.12. The van der Waals surface area contributed by atoms with Gasteiger partial charge in [-0.2, -0.15) is 4.98 Å². The van der Waals surface area contributed by atoms with Crippen molar-refractivity contribution in [3.8, 4) is 5.88 Å². The lowest BCUT2D eigenvalue weighted by atomic mass is 10.2. The molecule has 124 valence electrons. The summed E-state index contributed by atoms with van der Waals surface area (Å²) in [4.78, 5) is 19.5. The zero-order chi connectivity index (χ0) is 16.9. The molecule has 1 aromatic rings. The van der Waals surface area contributed by atoms with Crippen LogP contribution in [0.25, 0.3) is 0 Å². The minimum absolute atomic E-state index is 0.0446. The lowest BCUT2D eigenvalue weighted by Gasteiger charge is -2.16. The average Bonchev–Trinajstić information content (AvgIpc) is 2.43. The van der Waals surface area contributed by atoms with Crippen LogP contribution in [0.4, 0.5) is 11.5 Å². The molecular weight excluding hydrogens is 284 g/mol. The average molecular weight is 310 g/mol. The maximum atomic E-state index is 11.4. The van der Waals surface area contributed by atoms with E-state index in [0.717, 1.165) is 6.42 Å². The maximum absolute atomic E-state index is 11.4. The van der Waals surface area contributed by atoms with Crippen molar-refractivity contribution in [1.82, 2.24) is 9.97 Å². The van der Waals surface area contributed by atoms with E-state index >= 15 is 0 Å². The fraction of sp³-hybridized carbons (Fsp3) is 0.733. The van der Waals surface area contributed by atoms with Gasteiger partial charge in [0.25, 0.3) is 5.88 Å². The largest absolute Gasteiger partial charge is 0.472 e. The van der Waals surface area contributed by atoms with Crippen LogP contribution in [0.3, 0.4) is 0 Å². The fourth-order valence-electron chi connectivity index (χ4n) is 1.66. The minimum Gasteiger partial charge on any atom is -0.472 e. The molecule has 1 aromatic heterocycles. The first-order valence-electron chi connectivity index (χ1n) is 7.71. The van der Waals surface area contributed by atoms with Crippen LogP contribution in [0, 0.1) is 16.0 Å². The first-order valence-corrected chi connectivity index (χ1v) is 7.71. The topological polar surface area (TPSA) is 90.2 Å². The number of nitrogens with one attached hydrogen (secondary N) is 1. The molecule has 1 heterocycles. The molecule has 1 rings (SSSR count). The molecule has 0 aliphatic rings. The van der Waals surface area contributed by atoms with Crippen LogP contribution < -0.4 is 10.1 Å². The fourth-order valence-corrected chi connectivity index (χ4v) is 1.66. The third-order valence-electron chi connectivity index (χ3n) is 3.12. The van der Waals surface area contributed by atoms with Crippen LogP contribution in [0.15, 0.2) is 0 Å². The van der Waals surface area contributed by atoms with Crippen molar-refractivity contribution < 1.29 is 9.66 Å². The Bertz CT molecular complexity index is 518. The Morgan fingerprint density at radius 2 is 1.86 bits per heavy atom. The van der Waals surface area contributed by atoms with E-state index < -0.39 is 4.92 Å². The Morgan fingerprint density at radius 1 is 1.23 bits per heavy atom. The zero-order valence-corrected chi connectivity index (χ0v) is 14.2. The first-order chi connectivity index (χ1) is 10.3. The van der Waals surface area contributed by atoms with Gasteiger partial charge < -0.3 is 10.1 Å². The van der Waals surface area contributed by atoms with Crippen molar-refractivity contribution in [2.45, 2.75) is 59.9 Å². The molecule has 0 spiro atoms. The molecule has 0 aliphatic carbocycles. The monoisotopic (exact) mass is 310 g/mol. The summed E-state index contributed by atoms with van der Waals surface area (Å²) in [5, 5.41) is 14.5. The second kappa shape index (κ2) is 7.91. The zero-order valence-electron chi connectivity index (χ0n) is 14.2. The van der Waals surface area contributed by atoms with E-state index in [1.54, 1.807) is 0 Å². The van der Waals surface area contributed by atoms with Crippen molar-refractivity contribution in [3.63, 3.8) is 0 Å². The second-order valence-corrected chi connectivity index (χ2v) is 6.15. The second-order valence-electron chi connectivity index (χ2n) is 6.15. The number of rotatable bonds is 8. The normalized spacial score (nSPS) is 12.5. The predicted octanol–water partition coefficient (Wildman–Crippen LogP) is 3.75. The van der Waals surface area contributed by atoms with Gasteiger partial charge in [-0.25, -0.2) is 4.98 Å². The van der Waals surface area contributed by atoms with Gasteiger partial charge in [0.15, 0.2) is 0 Å². The summed E-state index contributed by atoms with van der Waals surface area (Å²) in [6.45, 7) is 12.2. The van der Waals surface area contributed by atoms with Gasteiger partial charge in [-0.05, 0) is 19.3 Å². The van der Waals surface area contributed by atoms with E-state index in [1.807, 2.05) is 41.5 Å². The summed E-state index contributed by atoms with van der Waals surface area (Å²) in [5.74, 6) is 1.12. The van der Waals surface area contributed by atoms with Crippen LogP contribution in [0.2, 0.25) is 0 Å². The van der Waals surface area contributed by atoms with Gasteiger partial charge in [0.1, 0.15) is 5.82 Å². The number of nitro groups is 1. The molecule has 0 radical (unpaired) electrons. The maximum Gasteiger partial charge on any atom is 0.372 e. The smallest absolute Gasteiger partial charge is 0.372 e. The lowest BCUT2D eigenvalue weighted by molar-refractivity contribution is -0.385. The Hall–Kier alpha value is -1.92. The third kappa shape index (κ3) is 4.82. The number of ether oxygens (including phenoxy) is 1. The summed E-state index contributed by atoms with van der Waals surface area (Å²) in [5.41, 5.74) is -0.189. The molecule has 0 saturated heterocycles. The van der Waals surface area contributed by atoms with Crippen LogP contribution in [0.1, 0.15) is 59.7 Å². The summed E-state index contributed by atoms with van der Waals surface area (Å²) in [6, 6.07) is 0.0755. The van der Waals surface area contributed by atoms with E-state index in [-0.39, 0.29) is 35.3 Å². The van der Waals surface area contributed by atoms with Gasteiger partial charge in [0.05, 0.1) is 11.5 Å². The molecule has 7 nitrogen and oxygen atoms in total.